The predicted octanol–water partition coefficient (Wildman–Crippen LogP) is 2.92. The topological polar surface area (TPSA) is 30.2 Å². The maximum Gasteiger partial charge on any atom is 0.235 e. The zero-order valence-corrected chi connectivity index (χ0v) is 10.4. The molecule has 3 aromatic rings. The maximum atomic E-state index is 4.71. The molecule has 2 heterocycles. The molecule has 1 aromatic carbocycles. The normalized spacial score (nSPS) is 12.8. The van der Waals surface area contributed by atoms with Gasteiger partial charge in [-0.1, -0.05) is 24.3 Å². The number of hydrogen-bond donors (Lipinski definition) is 0. The molecular formula is C15H13N3. The third kappa shape index (κ3) is 1.13. The summed E-state index contributed by atoms with van der Waals surface area (Å²) in [7, 11) is 0. The van der Waals surface area contributed by atoms with E-state index in [0.29, 0.717) is 0 Å². The zero-order valence-electron chi connectivity index (χ0n) is 10.4. The van der Waals surface area contributed by atoms with Gasteiger partial charge in [-0.2, -0.15) is 0 Å². The van der Waals surface area contributed by atoms with E-state index in [0.717, 1.165) is 23.6 Å². The molecule has 0 spiro atoms. The molecule has 3 nitrogen and oxygen atoms in total. The summed E-state index contributed by atoms with van der Waals surface area (Å²) in [6.07, 6.45) is 0.957. The number of aryl methyl sites for hydroxylation is 2. The second kappa shape index (κ2) is 3.19. The largest absolute Gasteiger partial charge is 0.284 e. The highest BCUT2D eigenvalue weighted by molar-refractivity contribution is 5.74. The van der Waals surface area contributed by atoms with Gasteiger partial charge in [0.05, 0.1) is 11.4 Å². The van der Waals surface area contributed by atoms with Crippen molar-refractivity contribution in [3.63, 3.8) is 0 Å². The van der Waals surface area contributed by atoms with Crippen LogP contribution in [0.5, 0.6) is 0 Å². The molecule has 0 bridgehead atoms. The van der Waals surface area contributed by atoms with Crippen molar-refractivity contribution in [1.82, 2.24) is 14.4 Å². The SMILES string of the molecule is Cc1cc(C)n2c3c(nc2n1)-c1ccccc1C3. The number of benzene rings is 1. The summed E-state index contributed by atoms with van der Waals surface area (Å²) < 4.78 is 2.18. The van der Waals surface area contributed by atoms with Crippen molar-refractivity contribution in [2.45, 2.75) is 20.3 Å². The molecule has 18 heavy (non-hydrogen) atoms. The summed E-state index contributed by atoms with van der Waals surface area (Å²) in [5.74, 6) is 0.826. The molecule has 3 heteroatoms. The van der Waals surface area contributed by atoms with Crippen molar-refractivity contribution in [2.24, 2.45) is 0 Å². The molecule has 0 saturated carbocycles. The van der Waals surface area contributed by atoms with Crippen molar-refractivity contribution in [2.75, 3.05) is 0 Å². The van der Waals surface area contributed by atoms with Gasteiger partial charge in [-0.15, -0.1) is 0 Å². The van der Waals surface area contributed by atoms with Gasteiger partial charge in [-0.05, 0) is 25.5 Å². The molecule has 88 valence electrons. The van der Waals surface area contributed by atoms with Gasteiger partial charge in [-0.25, -0.2) is 9.97 Å². The van der Waals surface area contributed by atoms with E-state index < -0.39 is 0 Å². The van der Waals surface area contributed by atoms with Crippen LogP contribution in [0.25, 0.3) is 17.0 Å². The fraction of sp³-hybridized carbons (Fsp3) is 0.200. The molecule has 4 rings (SSSR count). The summed E-state index contributed by atoms with van der Waals surface area (Å²) in [5.41, 5.74) is 7.23. The van der Waals surface area contributed by atoms with E-state index >= 15 is 0 Å². The first-order valence-corrected chi connectivity index (χ1v) is 6.18. The lowest BCUT2D eigenvalue weighted by molar-refractivity contribution is 0.956. The predicted molar refractivity (Wildman–Crippen MR) is 70.7 cm³/mol. The second-order valence-electron chi connectivity index (χ2n) is 4.92. The molecule has 0 fully saturated rings. The third-order valence-corrected chi connectivity index (χ3v) is 3.63. The van der Waals surface area contributed by atoms with Gasteiger partial charge >= 0.3 is 0 Å². The second-order valence-corrected chi connectivity index (χ2v) is 4.92. The lowest BCUT2D eigenvalue weighted by Gasteiger charge is -2.04. The van der Waals surface area contributed by atoms with E-state index in [-0.39, 0.29) is 0 Å². The van der Waals surface area contributed by atoms with Crippen LogP contribution in [0, 0.1) is 13.8 Å². The van der Waals surface area contributed by atoms with Crippen molar-refractivity contribution < 1.29 is 0 Å². The number of hydrogen-bond acceptors (Lipinski definition) is 2. The summed E-state index contributed by atoms with van der Waals surface area (Å²) in [6.45, 7) is 4.13. The number of rotatable bonds is 0. The molecular weight excluding hydrogens is 222 g/mol. The van der Waals surface area contributed by atoms with E-state index in [1.54, 1.807) is 0 Å². The van der Waals surface area contributed by atoms with Gasteiger partial charge in [0.2, 0.25) is 5.78 Å². The molecule has 0 amide bonds. The van der Waals surface area contributed by atoms with Crippen LogP contribution in [0.3, 0.4) is 0 Å². The fourth-order valence-electron chi connectivity index (χ4n) is 2.91. The quantitative estimate of drug-likeness (QED) is 0.469. The number of aromatic nitrogens is 3. The molecule has 0 N–H and O–H groups in total. The lowest BCUT2D eigenvalue weighted by atomic mass is 10.1. The minimum atomic E-state index is 0.826. The van der Waals surface area contributed by atoms with Gasteiger partial charge in [0, 0.05) is 23.4 Å². The van der Waals surface area contributed by atoms with Crippen LogP contribution >= 0.6 is 0 Å². The van der Waals surface area contributed by atoms with Crippen molar-refractivity contribution in [3.05, 3.63) is 53.0 Å². The van der Waals surface area contributed by atoms with Crippen molar-refractivity contribution in [1.29, 1.82) is 0 Å². The van der Waals surface area contributed by atoms with Gasteiger partial charge < -0.3 is 0 Å². The summed E-state index contributed by atoms with van der Waals surface area (Å²) in [4.78, 5) is 9.23. The van der Waals surface area contributed by atoms with Crippen LogP contribution in [0.1, 0.15) is 22.6 Å². The number of imidazole rings is 1. The molecule has 0 saturated heterocycles. The molecule has 0 aliphatic heterocycles. The highest BCUT2D eigenvalue weighted by Crippen LogP contribution is 2.36. The molecule has 1 aliphatic carbocycles. The summed E-state index contributed by atoms with van der Waals surface area (Å²) in [5, 5.41) is 0. The van der Waals surface area contributed by atoms with Crippen LogP contribution in [0.4, 0.5) is 0 Å². The highest BCUT2D eigenvalue weighted by atomic mass is 15.1. The Bertz CT molecular complexity index is 784. The first-order chi connectivity index (χ1) is 8.74. The smallest absolute Gasteiger partial charge is 0.235 e. The van der Waals surface area contributed by atoms with Crippen LogP contribution in [0.2, 0.25) is 0 Å². The average molecular weight is 235 g/mol. The number of fused-ring (bicyclic) bond motifs is 5. The Morgan fingerprint density at radius 1 is 1.11 bits per heavy atom. The van der Waals surface area contributed by atoms with Crippen LogP contribution < -0.4 is 0 Å². The maximum absolute atomic E-state index is 4.71. The van der Waals surface area contributed by atoms with E-state index in [4.69, 9.17) is 4.98 Å². The van der Waals surface area contributed by atoms with Gasteiger partial charge in [0.1, 0.15) is 0 Å². The van der Waals surface area contributed by atoms with E-state index in [9.17, 15) is 0 Å². The third-order valence-electron chi connectivity index (χ3n) is 3.63. The fourth-order valence-corrected chi connectivity index (χ4v) is 2.91. The molecule has 2 aromatic heterocycles. The van der Waals surface area contributed by atoms with E-state index in [2.05, 4.69) is 46.6 Å². The Morgan fingerprint density at radius 2 is 1.94 bits per heavy atom. The van der Waals surface area contributed by atoms with E-state index in [1.165, 1.54) is 22.5 Å². The first kappa shape index (κ1) is 9.83. The Labute approximate surface area is 105 Å². The summed E-state index contributed by atoms with van der Waals surface area (Å²) in [6, 6.07) is 10.6. The molecule has 0 atom stereocenters. The van der Waals surface area contributed by atoms with Crippen LogP contribution in [0.15, 0.2) is 30.3 Å². The van der Waals surface area contributed by atoms with Gasteiger partial charge in [0.25, 0.3) is 0 Å². The lowest BCUT2D eigenvalue weighted by Crippen LogP contribution is -1.99. The summed E-state index contributed by atoms with van der Waals surface area (Å²) >= 11 is 0. The van der Waals surface area contributed by atoms with Gasteiger partial charge in [-0.3, -0.25) is 4.40 Å². The Balaban J connectivity index is 2.11. The van der Waals surface area contributed by atoms with Crippen LogP contribution in [-0.2, 0) is 6.42 Å². The molecule has 0 radical (unpaired) electrons. The zero-order chi connectivity index (χ0) is 12.3. The Kier molecular flexibility index (Phi) is 1.74. The molecule has 1 aliphatic rings. The van der Waals surface area contributed by atoms with Gasteiger partial charge in [0.15, 0.2) is 0 Å². The Hall–Kier alpha value is -2.16. The average Bonchev–Trinajstić information content (AvgIpc) is 2.83. The van der Waals surface area contributed by atoms with Crippen LogP contribution in [-0.4, -0.2) is 14.4 Å². The van der Waals surface area contributed by atoms with Crippen molar-refractivity contribution >= 4 is 5.78 Å². The Morgan fingerprint density at radius 3 is 2.83 bits per heavy atom. The highest BCUT2D eigenvalue weighted by Gasteiger charge is 2.24. The minimum Gasteiger partial charge on any atom is -0.284 e. The van der Waals surface area contributed by atoms with E-state index in [1.807, 2.05) is 6.92 Å². The number of nitrogens with zero attached hydrogens (tertiary/aromatic N) is 3. The monoisotopic (exact) mass is 235 g/mol. The molecule has 0 unspecified atom stereocenters. The standard InChI is InChI=1S/C15H13N3/c1-9-7-10(2)18-13-8-11-5-3-4-6-12(11)14(13)17-15(18)16-9/h3-7H,8H2,1-2H3. The first-order valence-electron chi connectivity index (χ1n) is 6.18. The minimum absolute atomic E-state index is 0.826. The van der Waals surface area contributed by atoms with Crippen molar-refractivity contribution in [3.8, 4) is 11.3 Å².